The molecule has 0 aromatic carbocycles. The number of carbonyl (C=O) groups is 1. The van der Waals surface area contributed by atoms with Gasteiger partial charge >= 0.3 is 0 Å². The first-order chi connectivity index (χ1) is 6.13. The maximum absolute atomic E-state index is 11.5. The van der Waals surface area contributed by atoms with Gasteiger partial charge in [0.25, 0.3) is 0 Å². The summed E-state index contributed by atoms with van der Waals surface area (Å²) in [6, 6.07) is 0. The molecule has 76 valence electrons. The van der Waals surface area contributed by atoms with Crippen LogP contribution in [-0.4, -0.2) is 19.0 Å². The molecule has 0 fully saturated rings. The zero-order valence-electron chi connectivity index (χ0n) is 8.88. The lowest BCUT2D eigenvalue weighted by Gasteiger charge is -2.17. The van der Waals surface area contributed by atoms with E-state index in [1.807, 2.05) is 19.9 Å². The molecule has 0 saturated heterocycles. The highest BCUT2D eigenvalue weighted by molar-refractivity contribution is 5.83. The van der Waals surface area contributed by atoms with Gasteiger partial charge in [-0.05, 0) is 18.8 Å². The summed E-state index contributed by atoms with van der Waals surface area (Å²) in [5, 5.41) is 0. The second-order valence-electron chi connectivity index (χ2n) is 3.55. The van der Waals surface area contributed by atoms with E-state index in [9.17, 15) is 4.79 Å². The molecule has 0 radical (unpaired) electrons. The molecular weight excluding hydrogens is 164 g/mol. The van der Waals surface area contributed by atoms with Gasteiger partial charge in [0.1, 0.15) is 6.10 Å². The van der Waals surface area contributed by atoms with E-state index >= 15 is 0 Å². The predicted octanol–water partition coefficient (Wildman–Crippen LogP) is 2.58. The van der Waals surface area contributed by atoms with Gasteiger partial charge in [-0.15, -0.1) is 6.58 Å². The minimum absolute atomic E-state index is 0.208. The monoisotopic (exact) mass is 184 g/mol. The van der Waals surface area contributed by atoms with Crippen molar-refractivity contribution in [2.24, 2.45) is 5.92 Å². The van der Waals surface area contributed by atoms with Crippen LogP contribution in [0.5, 0.6) is 0 Å². The fraction of sp³-hybridized carbons (Fsp3) is 0.727. The largest absolute Gasteiger partial charge is 0.373 e. The third-order valence-corrected chi connectivity index (χ3v) is 2.01. The SMILES string of the molecule is C=CCCCC(=O)C(OC)C(C)C. The van der Waals surface area contributed by atoms with Gasteiger partial charge in [-0.1, -0.05) is 19.9 Å². The highest BCUT2D eigenvalue weighted by Gasteiger charge is 2.20. The Kier molecular flexibility index (Phi) is 6.51. The molecule has 0 bridgehead atoms. The molecule has 13 heavy (non-hydrogen) atoms. The van der Waals surface area contributed by atoms with Crippen LogP contribution >= 0.6 is 0 Å². The van der Waals surface area contributed by atoms with Crippen molar-refractivity contribution < 1.29 is 9.53 Å². The molecule has 0 aliphatic rings. The van der Waals surface area contributed by atoms with E-state index in [0.29, 0.717) is 6.42 Å². The molecule has 0 heterocycles. The molecule has 0 saturated carbocycles. The molecular formula is C11H20O2. The Labute approximate surface area is 81.0 Å². The normalized spacial score (nSPS) is 12.9. The van der Waals surface area contributed by atoms with Crippen molar-refractivity contribution >= 4 is 5.78 Å². The fourth-order valence-electron chi connectivity index (χ4n) is 1.34. The summed E-state index contributed by atoms with van der Waals surface area (Å²) in [7, 11) is 1.59. The van der Waals surface area contributed by atoms with Crippen LogP contribution in [0.4, 0.5) is 0 Å². The summed E-state index contributed by atoms with van der Waals surface area (Å²) in [4.78, 5) is 11.5. The van der Waals surface area contributed by atoms with Crippen LogP contribution in [0.25, 0.3) is 0 Å². The molecule has 0 amide bonds. The van der Waals surface area contributed by atoms with E-state index in [4.69, 9.17) is 4.74 Å². The number of unbranched alkanes of at least 4 members (excludes halogenated alkanes) is 1. The van der Waals surface area contributed by atoms with Gasteiger partial charge in [0.2, 0.25) is 0 Å². The van der Waals surface area contributed by atoms with Gasteiger partial charge in [0.15, 0.2) is 5.78 Å². The van der Waals surface area contributed by atoms with Crippen molar-refractivity contribution in [3.8, 4) is 0 Å². The van der Waals surface area contributed by atoms with Crippen LogP contribution in [0, 0.1) is 5.92 Å². The summed E-state index contributed by atoms with van der Waals surface area (Å²) < 4.78 is 5.13. The standard InChI is InChI=1S/C11H20O2/c1-5-6-7-8-10(12)11(13-4)9(2)3/h5,9,11H,1,6-8H2,2-4H3. The van der Waals surface area contributed by atoms with Crippen molar-refractivity contribution in [2.45, 2.75) is 39.2 Å². The first-order valence-corrected chi connectivity index (χ1v) is 4.79. The average molecular weight is 184 g/mol. The van der Waals surface area contributed by atoms with Crippen LogP contribution in [0.15, 0.2) is 12.7 Å². The Balaban J connectivity index is 3.84. The summed E-state index contributed by atoms with van der Waals surface area (Å²) in [5.74, 6) is 0.473. The maximum Gasteiger partial charge on any atom is 0.161 e. The number of hydrogen-bond acceptors (Lipinski definition) is 2. The Morgan fingerprint density at radius 1 is 1.54 bits per heavy atom. The summed E-state index contributed by atoms with van der Waals surface area (Å²) >= 11 is 0. The minimum Gasteiger partial charge on any atom is -0.373 e. The zero-order chi connectivity index (χ0) is 10.3. The summed E-state index contributed by atoms with van der Waals surface area (Å²) in [6.07, 6.45) is 3.99. The second kappa shape index (κ2) is 6.84. The lowest BCUT2D eigenvalue weighted by atomic mass is 9.99. The Morgan fingerprint density at radius 2 is 2.15 bits per heavy atom. The molecule has 1 atom stereocenters. The van der Waals surface area contributed by atoms with Crippen LogP contribution in [0.3, 0.4) is 0 Å². The number of allylic oxidation sites excluding steroid dienone is 1. The molecule has 0 aromatic rings. The Morgan fingerprint density at radius 3 is 2.54 bits per heavy atom. The zero-order valence-corrected chi connectivity index (χ0v) is 8.88. The molecule has 0 N–H and O–H groups in total. The third-order valence-electron chi connectivity index (χ3n) is 2.01. The molecule has 0 aliphatic carbocycles. The number of hydrogen-bond donors (Lipinski definition) is 0. The highest BCUT2D eigenvalue weighted by Crippen LogP contribution is 2.10. The van der Waals surface area contributed by atoms with Crippen molar-refractivity contribution in [3.63, 3.8) is 0 Å². The number of rotatable bonds is 7. The molecule has 2 heteroatoms. The van der Waals surface area contributed by atoms with Gasteiger partial charge in [0, 0.05) is 13.5 Å². The molecule has 0 rings (SSSR count). The first kappa shape index (κ1) is 12.4. The third kappa shape index (κ3) is 4.83. The second-order valence-corrected chi connectivity index (χ2v) is 3.55. The van der Waals surface area contributed by atoms with Gasteiger partial charge in [0.05, 0.1) is 0 Å². The van der Waals surface area contributed by atoms with E-state index in [2.05, 4.69) is 6.58 Å². The van der Waals surface area contributed by atoms with E-state index in [0.717, 1.165) is 12.8 Å². The summed E-state index contributed by atoms with van der Waals surface area (Å²) in [6.45, 7) is 7.61. The Bertz CT molecular complexity index is 161. The smallest absolute Gasteiger partial charge is 0.161 e. The molecule has 0 aromatic heterocycles. The lowest BCUT2D eigenvalue weighted by molar-refractivity contribution is -0.131. The lowest BCUT2D eigenvalue weighted by Crippen LogP contribution is -2.28. The fourth-order valence-corrected chi connectivity index (χ4v) is 1.34. The highest BCUT2D eigenvalue weighted by atomic mass is 16.5. The van der Waals surface area contributed by atoms with Crippen LogP contribution in [0.1, 0.15) is 33.1 Å². The molecule has 0 aliphatic heterocycles. The molecule has 0 spiro atoms. The van der Waals surface area contributed by atoms with Crippen LogP contribution in [-0.2, 0) is 9.53 Å². The van der Waals surface area contributed by atoms with E-state index in [1.165, 1.54) is 0 Å². The number of Topliss-reactive ketones (excluding diaryl/α,β-unsaturated/α-hetero) is 1. The van der Waals surface area contributed by atoms with Gasteiger partial charge in [-0.2, -0.15) is 0 Å². The molecule has 2 nitrogen and oxygen atoms in total. The van der Waals surface area contributed by atoms with Gasteiger partial charge in [-0.3, -0.25) is 4.79 Å². The van der Waals surface area contributed by atoms with E-state index in [1.54, 1.807) is 7.11 Å². The average Bonchev–Trinajstić information content (AvgIpc) is 2.05. The van der Waals surface area contributed by atoms with E-state index < -0.39 is 0 Å². The molecule has 1 unspecified atom stereocenters. The predicted molar refractivity (Wildman–Crippen MR) is 54.7 cm³/mol. The van der Waals surface area contributed by atoms with Gasteiger partial charge in [-0.25, -0.2) is 0 Å². The maximum atomic E-state index is 11.5. The van der Waals surface area contributed by atoms with Crippen molar-refractivity contribution in [1.29, 1.82) is 0 Å². The Hall–Kier alpha value is -0.630. The quantitative estimate of drug-likeness (QED) is 0.449. The summed E-state index contributed by atoms with van der Waals surface area (Å²) in [5.41, 5.74) is 0. The van der Waals surface area contributed by atoms with Crippen molar-refractivity contribution in [3.05, 3.63) is 12.7 Å². The van der Waals surface area contributed by atoms with Crippen molar-refractivity contribution in [2.75, 3.05) is 7.11 Å². The van der Waals surface area contributed by atoms with Gasteiger partial charge < -0.3 is 4.74 Å². The van der Waals surface area contributed by atoms with Crippen LogP contribution < -0.4 is 0 Å². The minimum atomic E-state index is -0.232. The topological polar surface area (TPSA) is 26.3 Å². The van der Waals surface area contributed by atoms with Crippen molar-refractivity contribution in [1.82, 2.24) is 0 Å². The number of carbonyl (C=O) groups excluding carboxylic acids is 1. The number of ketones is 1. The van der Waals surface area contributed by atoms with E-state index in [-0.39, 0.29) is 17.8 Å². The van der Waals surface area contributed by atoms with Crippen LogP contribution in [0.2, 0.25) is 0 Å². The number of ether oxygens (including phenoxy) is 1. The first-order valence-electron chi connectivity index (χ1n) is 4.79. The number of methoxy groups -OCH3 is 1.